The van der Waals surface area contributed by atoms with Crippen molar-refractivity contribution in [2.75, 3.05) is 19.6 Å². The summed E-state index contributed by atoms with van der Waals surface area (Å²) in [5.41, 5.74) is 2.54. The molecule has 4 heterocycles. The Hall–Kier alpha value is -2.80. The van der Waals surface area contributed by atoms with Gasteiger partial charge in [-0.2, -0.15) is 0 Å². The highest BCUT2D eigenvalue weighted by molar-refractivity contribution is 5.57. The van der Waals surface area contributed by atoms with E-state index in [0.717, 1.165) is 62.5 Å². The fraction of sp³-hybridized carbons (Fsp3) is 0.429. The van der Waals surface area contributed by atoms with Crippen molar-refractivity contribution in [1.82, 2.24) is 24.6 Å². The summed E-state index contributed by atoms with van der Waals surface area (Å²) in [5.74, 6) is 1.46. The predicted octanol–water partition coefficient (Wildman–Crippen LogP) is 2.56. The Labute approximate surface area is 164 Å². The molecule has 0 aliphatic carbocycles. The second-order valence-corrected chi connectivity index (χ2v) is 7.47. The van der Waals surface area contributed by atoms with Crippen molar-refractivity contribution >= 4 is 0 Å². The summed E-state index contributed by atoms with van der Waals surface area (Å²) < 4.78 is 7.02. The molecule has 0 amide bonds. The van der Waals surface area contributed by atoms with E-state index in [1.54, 1.807) is 29.4 Å². The number of aryl methyl sites for hydroxylation is 1. The van der Waals surface area contributed by atoms with E-state index in [0.29, 0.717) is 11.6 Å². The lowest BCUT2D eigenvalue weighted by Gasteiger charge is -2.31. The summed E-state index contributed by atoms with van der Waals surface area (Å²) in [5, 5.41) is 3.94. The molecule has 3 aromatic heterocycles. The number of rotatable bonds is 6. The van der Waals surface area contributed by atoms with Crippen molar-refractivity contribution in [2.24, 2.45) is 5.92 Å². The monoisotopic (exact) mass is 379 g/mol. The lowest BCUT2D eigenvalue weighted by atomic mass is 9.96. The maximum atomic E-state index is 12.5. The van der Waals surface area contributed by atoms with E-state index in [9.17, 15) is 4.79 Å². The molecule has 7 heteroatoms. The summed E-state index contributed by atoms with van der Waals surface area (Å²) in [7, 11) is 0. The van der Waals surface area contributed by atoms with Crippen LogP contribution in [0.25, 0.3) is 11.3 Å². The normalized spacial score (nSPS) is 15.8. The molecule has 1 aliphatic heterocycles. The molecule has 3 aromatic rings. The van der Waals surface area contributed by atoms with Crippen LogP contribution in [0.5, 0.6) is 0 Å². The van der Waals surface area contributed by atoms with Crippen LogP contribution in [0.2, 0.25) is 0 Å². The summed E-state index contributed by atoms with van der Waals surface area (Å²) in [6.07, 6.45) is 8.17. The predicted molar refractivity (Wildman–Crippen MR) is 106 cm³/mol. The molecule has 0 aromatic carbocycles. The molecule has 28 heavy (non-hydrogen) atoms. The number of hydrogen-bond acceptors (Lipinski definition) is 6. The van der Waals surface area contributed by atoms with Crippen LogP contribution < -0.4 is 5.56 Å². The number of likely N-dealkylation sites (tertiary alicyclic amines) is 1. The van der Waals surface area contributed by atoms with Gasteiger partial charge in [-0.3, -0.25) is 14.3 Å². The van der Waals surface area contributed by atoms with Gasteiger partial charge in [0.2, 0.25) is 0 Å². The molecule has 1 saturated heterocycles. The molecule has 0 bridgehead atoms. The largest absolute Gasteiger partial charge is 0.361 e. The van der Waals surface area contributed by atoms with Crippen molar-refractivity contribution < 1.29 is 4.52 Å². The van der Waals surface area contributed by atoms with E-state index in [2.05, 4.69) is 20.0 Å². The van der Waals surface area contributed by atoms with Gasteiger partial charge in [-0.1, -0.05) is 5.16 Å². The van der Waals surface area contributed by atoms with Crippen LogP contribution in [0.15, 0.2) is 52.3 Å². The van der Waals surface area contributed by atoms with Gasteiger partial charge in [0.15, 0.2) is 0 Å². The molecule has 1 fully saturated rings. The molecule has 146 valence electrons. The van der Waals surface area contributed by atoms with Crippen LogP contribution in [-0.4, -0.2) is 44.2 Å². The second kappa shape index (κ2) is 8.48. The molecule has 0 unspecified atom stereocenters. The maximum absolute atomic E-state index is 12.5. The lowest BCUT2D eigenvalue weighted by molar-refractivity contribution is 0.171. The van der Waals surface area contributed by atoms with Gasteiger partial charge >= 0.3 is 0 Å². The van der Waals surface area contributed by atoms with Crippen LogP contribution in [0, 0.1) is 12.8 Å². The minimum absolute atomic E-state index is 0.00457. The van der Waals surface area contributed by atoms with E-state index in [1.807, 2.05) is 25.1 Å². The van der Waals surface area contributed by atoms with Gasteiger partial charge in [0.1, 0.15) is 5.76 Å². The molecule has 0 radical (unpaired) electrons. The van der Waals surface area contributed by atoms with Crippen LogP contribution in [0.4, 0.5) is 0 Å². The zero-order chi connectivity index (χ0) is 19.3. The Morgan fingerprint density at radius 3 is 2.64 bits per heavy atom. The third-order valence-electron chi connectivity index (χ3n) is 5.37. The summed E-state index contributed by atoms with van der Waals surface area (Å²) in [4.78, 5) is 23.4. The van der Waals surface area contributed by atoms with Crippen molar-refractivity contribution in [3.8, 4) is 11.3 Å². The average Bonchev–Trinajstić information content (AvgIpc) is 3.15. The minimum atomic E-state index is 0.00457. The van der Waals surface area contributed by atoms with Gasteiger partial charge in [-0.25, -0.2) is 4.98 Å². The van der Waals surface area contributed by atoms with Gasteiger partial charge in [0.25, 0.3) is 5.56 Å². The Bertz CT molecular complexity index is 958. The summed E-state index contributed by atoms with van der Waals surface area (Å²) in [6, 6.07) is 7.34. The van der Waals surface area contributed by atoms with Crippen LogP contribution in [-0.2, 0) is 13.0 Å². The molecular weight excluding hydrogens is 354 g/mol. The molecule has 0 spiro atoms. The zero-order valence-electron chi connectivity index (χ0n) is 16.1. The number of aromatic nitrogens is 4. The standard InChI is InChI=1S/C21H25N5O2/c1-16-12-19(28-24-16)6-11-25-9-4-17(5-10-25)14-26-15-23-20(13-21(26)27)18-2-7-22-8-3-18/h2-3,7-8,12-13,15,17H,4-6,9-11,14H2,1H3. The Kier molecular flexibility index (Phi) is 5.62. The number of piperidine rings is 1. The van der Waals surface area contributed by atoms with Crippen molar-refractivity contribution in [1.29, 1.82) is 0 Å². The molecule has 4 rings (SSSR count). The van der Waals surface area contributed by atoms with E-state index in [4.69, 9.17) is 4.52 Å². The second-order valence-electron chi connectivity index (χ2n) is 7.47. The molecule has 7 nitrogen and oxygen atoms in total. The topological polar surface area (TPSA) is 77.0 Å². The highest BCUT2D eigenvalue weighted by Crippen LogP contribution is 2.19. The minimum Gasteiger partial charge on any atom is -0.361 e. The smallest absolute Gasteiger partial charge is 0.253 e. The van der Waals surface area contributed by atoms with Crippen molar-refractivity contribution in [2.45, 2.75) is 32.7 Å². The SMILES string of the molecule is Cc1cc(CCN2CCC(Cn3cnc(-c4ccncc4)cc3=O)CC2)on1. The highest BCUT2D eigenvalue weighted by atomic mass is 16.5. The fourth-order valence-corrected chi connectivity index (χ4v) is 3.72. The molecule has 0 N–H and O–H groups in total. The van der Waals surface area contributed by atoms with E-state index >= 15 is 0 Å². The number of hydrogen-bond donors (Lipinski definition) is 0. The average molecular weight is 379 g/mol. The Morgan fingerprint density at radius 1 is 1.18 bits per heavy atom. The first kappa shape index (κ1) is 18.6. The molecule has 0 atom stereocenters. The lowest BCUT2D eigenvalue weighted by Crippen LogP contribution is -2.37. The molecular formula is C21H25N5O2. The van der Waals surface area contributed by atoms with E-state index < -0.39 is 0 Å². The quantitative estimate of drug-likeness (QED) is 0.655. The third kappa shape index (κ3) is 4.54. The van der Waals surface area contributed by atoms with Crippen LogP contribution in [0.1, 0.15) is 24.3 Å². The summed E-state index contributed by atoms with van der Waals surface area (Å²) >= 11 is 0. The van der Waals surface area contributed by atoms with Crippen molar-refractivity contribution in [3.05, 3.63) is 64.8 Å². The van der Waals surface area contributed by atoms with Crippen molar-refractivity contribution in [3.63, 3.8) is 0 Å². The van der Waals surface area contributed by atoms with Gasteiger partial charge in [-0.15, -0.1) is 0 Å². The van der Waals surface area contributed by atoms with Gasteiger partial charge < -0.3 is 9.42 Å². The van der Waals surface area contributed by atoms with E-state index in [1.165, 1.54) is 0 Å². The first-order valence-corrected chi connectivity index (χ1v) is 9.79. The van der Waals surface area contributed by atoms with Crippen LogP contribution >= 0.6 is 0 Å². The first-order chi connectivity index (χ1) is 13.7. The number of nitrogens with zero attached hydrogens (tertiary/aromatic N) is 5. The highest BCUT2D eigenvalue weighted by Gasteiger charge is 2.20. The van der Waals surface area contributed by atoms with Gasteiger partial charge in [0.05, 0.1) is 17.7 Å². The van der Waals surface area contributed by atoms with E-state index in [-0.39, 0.29) is 5.56 Å². The number of pyridine rings is 1. The fourth-order valence-electron chi connectivity index (χ4n) is 3.72. The Morgan fingerprint density at radius 2 is 1.96 bits per heavy atom. The summed E-state index contributed by atoms with van der Waals surface area (Å²) in [6.45, 7) is 5.77. The van der Waals surface area contributed by atoms with Gasteiger partial charge in [0, 0.05) is 49.6 Å². The molecule has 0 saturated carbocycles. The maximum Gasteiger partial charge on any atom is 0.253 e. The Balaban J connectivity index is 1.29. The van der Waals surface area contributed by atoms with Crippen LogP contribution in [0.3, 0.4) is 0 Å². The zero-order valence-corrected chi connectivity index (χ0v) is 16.1. The first-order valence-electron chi connectivity index (χ1n) is 9.79. The molecule has 1 aliphatic rings. The third-order valence-corrected chi connectivity index (χ3v) is 5.37. The van der Waals surface area contributed by atoms with Gasteiger partial charge in [-0.05, 0) is 50.9 Å².